The molecular formula is C65H129N7OS3. The number of hydrogen-bond donors (Lipinski definition) is 5. The Morgan fingerprint density at radius 3 is 1.32 bits per heavy atom. The Labute approximate surface area is 486 Å². The molecule has 0 bridgehead atoms. The molecule has 2 aromatic rings. The average molecular weight is 1120 g/mol. The van der Waals surface area contributed by atoms with Gasteiger partial charge in [0.15, 0.2) is 0 Å². The minimum absolute atomic E-state index is 0.222. The number of hydrogen-bond acceptors (Lipinski definition) is 11. The molecule has 0 aliphatic carbocycles. The Bertz CT molecular complexity index is 1480. The number of thiazole rings is 1. The quantitative estimate of drug-likeness (QED) is 0.177. The van der Waals surface area contributed by atoms with Crippen LogP contribution in [0.5, 0.6) is 0 Å². The highest BCUT2D eigenvalue weighted by molar-refractivity contribution is 7.99. The summed E-state index contributed by atoms with van der Waals surface area (Å²) in [4.78, 5) is 4.21. The minimum atomic E-state index is 0.222. The molecule has 8 nitrogen and oxygen atoms in total. The first kappa shape index (κ1) is 73.4. The second kappa shape index (κ2) is 34.7. The highest BCUT2D eigenvalue weighted by Gasteiger charge is 2.30. The van der Waals surface area contributed by atoms with E-state index in [-0.39, 0.29) is 10.8 Å². The van der Waals surface area contributed by atoms with E-state index in [1.54, 1.807) is 11.3 Å². The van der Waals surface area contributed by atoms with E-state index < -0.39 is 0 Å². The van der Waals surface area contributed by atoms with Crippen LogP contribution in [0.3, 0.4) is 0 Å². The fourth-order valence-electron chi connectivity index (χ4n) is 9.73. The molecule has 8 rings (SSSR count). The molecule has 5 unspecified atom stereocenters. The van der Waals surface area contributed by atoms with Crippen molar-refractivity contribution in [2.24, 2.45) is 56.2 Å². The van der Waals surface area contributed by atoms with Crippen molar-refractivity contribution in [1.29, 1.82) is 0 Å². The van der Waals surface area contributed by atoms with E-state index in [0.29, 0.717) is 38.5 Å². The third-order valence-corrected chi connectivity index (χ3v) is 18.7. The number of aromatic nitrogens is 2. The fourth-order valence-corrected chi connectivity index (χ4v) is 12.8. The van der Waals surface area contributed by atoms with Gasteiger partial charge in [0.25, 0.3) is 0 Å². The number of ether oxygens (including phenoxy) is 1. The van der Waals surface area contributed by atoms with Crippen LogP contribution in [0.15, 0.2) is 22.5 Å². The molecule has 6 saturated heterocycles. The lowest BCUT2D eigenvalue weighted by Gasteiger charge is -2.35. The number of thioether (sulfide) groups is 1. The van der Waals surface area contributed by atoms with E-state index in [4.69, 9.17) is 4.74 Å². The number of nitrogens with one attached hydrogen (secondary N) is 5. The zero-order valence-electron chi connectivity index (χ0n) is 54.7. The van der Waals surface area contributed by atoms with E-state index in [1.807, 2.05) is 11.7 Å². The number of piperidine rings is 3. The van der Waals surface area contributed by atoms with Crippen LogP contribution in [-0.2, 0) is 15.6 Å². The SMILES string of the molecule is CC(C)(C)C1CCCCN1.CC(C)(C)C1CCCNC1.CC(C)(C)C1CCNCC1.CC(C)(C)C1CCOC1.CC(C)(C)C1CCSC1.CC(C)(C)C1CNCCN1.CC(C)(C)c1cnsc1.CC(C)(C)c1cscn1. The number of nitrogens with zero attached hydrogens (tertiary/aromatic N) is 2. The summed E-state index contributed by atoms with van der Waals surface area (Å²) in [6, 6.07) is 1.39. The lowest BCUT2D eigenvalue weighted by Crippen LogP contribution is -2.54. The van der Waals surface area contributed by atoms with Crippen LogP contribution in [0, 0.1) is 56.2 Å². The van der Waals surface area contributed by atoms with E-state index >= 15 is 0 Å². The number of rotatable bonds is 0. The molecule has 0 saturated carbocycles. The molecule has 0 amide bonds. The van der Waals surface area contributed by atoms with Crippen LogP contribution in [0.2, 0.25) is 0 Å². The average Bonchev–Trinajstić information content (AvgIpc) is 4.19. The van der Waals surface area contributed by atoms with Crippen LogP contribution in [0.25, 0.3) is 0 Å². The fraction of sp³-hybridized carbons (Fsp3) is 0.908. The van der Waals surface area contributed by atoms with Crippen LogP contribution in [0.1, 0.15) is 235 Å². The monoisotopic (exact) mass is 1120 g/mol. The summed E-state index contributed by atoms with van der Waals surface area (Å²) in [5.74, 6) is 6.38. The van der Waals surface area contributed by atoms with Crippen LogP contribution in [0.4, 0.5) is 0 Å². The lowest BCUT2D eigenvalue weighted by atomic mass is 9.76. The van der Waals surface area contributed by atoms with Gasteiger partial charge in [-0.1, -0.05) is 173 Å². The smallest absolute Gasteiger partial charge is 0.0794 e. The summed E-state index contributed by atoms with van der Waals surface area (Å²) in [7, 11) is 0. The van der Waals surface area contributed by atoms with Gasteiger partial charge in [0, 0.05) is 67.3 Å². The zero-order valence-corrected chi connectivity index (χ0v) is 57.1. The third-order valence-electron chi connectivity index (χ3n) is 16.3. The molecule has 6 aliphatic heterocycles. The molecule has 11 heteroatoms. The van der Waals surface area contributed by atoms with Crippen LogP contribution >= 0.6 is 34.6 Å². The van der Waals surface area contributed by atoms with Crippen molar-refractivity contribution in [1.82, 2.24) is 35.9 Å². The summed E-state index contributed by atoms with van der Waals surface area (Å²) in [6.07, 6.45) is 14.3. The van der Waals surface area contributed by atoms with Crippen molar-refractivity contribution < 1.29 is 4.74 Å². The second-order valence-electron chi connectivity index (χ2n) is 31.4. The van der Waals surface area contributed by atoms with Crippen molar-refractivity contribution >= 4 is 34.6 Å². The maximum absolute atomic E-state index is 5.28. The van der Waals surface area contributed by atoms with E-state index in [0.717, 1.165) is 62.6 Å². The lowest BCUT2D eigenvalue weighted by molar-refractivity contribution is 0.152. The molecule has 76 heavy (non-hydrogen) atoms. The van der Waals surface area contributed by atoms with Gasteiger partial charge in [-0.05, 0) is 174 Å². The van der Waals surface area contributed by atoms with Crippen molar-refractivity contribution in [3.05, 3.63) is 33.7 Å². The molecular weight excluding hydrogens is 991 g/mol. The maximum atomic E-state index is 5.28. The topological polar surface area (TPSA) is 95.2 Å². The Balaban J connectivity index is 0.000000434. The Hall–Kier alpha value is -0.630. The van der Waals surface area contributed by atoms with Crippen molar-refractivity contribution in [3.8, 4) is 0 Å². The summed E-state index contributed by atoms with van der Waals surface area (Å²) < 4.78 is 9.31. The predicted octanol–water partition coefficient (Wildman–Crippen LogP) is 16.6. The normalized spacial score (nSPS) is 24.0. The van der Waals surface area contributed by atoms with Crippen molar-refractivity contribution in [2.75, 3.05) is 77.1 Å². The second-order valence-corrected chi connectivity index (χ2v) is 33.9. The molecule has 0 spiro atoms. The molecule has 0 aromatic carbocycles. The predicted molar refractivity (Wildman–Crippen MR) is 344 cm³/mol. The summed E-state index contributed by atoms with van der Waals surface area (Å²) >= 11 is 5.28. The van der Waals surface area contributed by atoms with E-state index in [9.17, 15) is 0 Å². The highest BCUT2D eigenvalue weighted by Crippen LogP contribution is 2.37. The molecule has 5 atom stereocenters. The molecule has 2 aromatic heterocycles. The first-order valence-corrected chi connectivity index (χ1v) is 33.3. The van der Waals surface area contributed by atoms with E-state index in [2.05, 4.69) is 225 Å². The van der Waals surface area contributed by atoms with Gasteiger partial charge < -0.3 is 31.3 Å². The summed E-state index contributed by atoms with van der Waals surface area (Å²) in [5, 5.41) is 21.5. The van der Waals surface area contributed by atoms with Gasteiger partial charge in [-0.2, -0.15) is 11.8 Å². The molecule has 6 fully saturated rings. The highest BCUT2D eigenvalue weighted by atomic mass is 32.2. The third kappa shape index (κ3) is 33.3. The molecule has 8 heterocycles. The van der Waals surface area contributed by atoms with Crippen LogP contribution in [-0.4, -0.2) is 98.5 Å². The molecule has 5 N–H and O–H groups in total. The molecule has 6 aliphatic rings. The first-order chi connectivity index (χ1) is 34.8. The standard InChI is InChI=1S/3C9H19N.C8H18N2.C8H16O.C8H16S.2C7H11NS/c1-9(2,3)8-4-6-10-7-5-8;1-9(2,3)8-5-4-6-10-7-8;1-9(2,3)8-6-4-5-7-10-8;1-8(2,3)7-6-9-4-5-10-7;2*1-8(2,3)7-4-5-9-6-7;1-7(2,3)6-4-9-5-8-6;1-7(2,3)6-4-8-9-5-6/h3*8,10H,4-7H2,1-3H3;7,9-10H,4-6H2,1-3H3;2*7H,4-6H2,1-3H3;2*4-5H,1-3H3. The van der Waals surface area contributed by atoms with Gasteiger partial charge >= 0.3 is 0 Å². The van der Waals surface area contributed by atoms with Crippen molar-refractivity contribution in [3.63, 3.8) is 0 Å². The van der Waals surface area contributed by atoms with Gasteiger partial charge in [-0.3, -0.25) is 0 Å². The van der Waals surface area contributed by atoms with Crippen molar-refractivity contribution in [2.45, 2.75) is 247 Å². The minimum Gasteiger partial charge on any atom is -0.381 e. The van der Waals surface area contributed by atoms with E-state index in [1.165, 1.54) is 125 Å². The number of piperazine rings is 1. The Morgan fingerprint density at radius 1 is 0.474 bits per heavy atom. The first-order valence-electron chi connectivity index (χ1n) is 30.4. The van der Waals surface area contributed by atoms with Gasteiger partial charge in [0.1, 0.15) is 0 Å². The molecule has 0 radical (unpaired) electrons. The zero-order chi connectivity index (χ0) is 58.1. The van der Waals surface area contributed by atoms with Gasteiger partial charge in [0.2, 0.25) is 0 Å². The van der Waals surface area contributed by atoms with Gasteiger partial charge in [-0.15, -0.1) is 11.3 Å². The largest absolute Gasteiger partial charge is 0.381 e. The Kier molecular flexibility index (Phi) is 33.5. The van der Waals surface area contributed by atoms with Gasteiger partial charge in [0.05, 0.1) is 11.2 Å². The Morgan fingerprint density at radius 2 is 1.05 bits per heavy atom. The molecule has 448 valence electrons. The summed E-state index contributed by atoms with van der Waals surface area (Å²) in [5.41, 5.74) is 7.79. The van der Waals surface area contributed by atoms with Crippen LogP contribution < -0.4 is 26.6 Å². The van der Waals surface area contributed by atoms with Gasteiger partial charge in [-0.25, -0.2) is 9.36 Å². The summed E-state index contributed by atoms with van der Waals surface area (Å²) in [6.45, 7) is 66.2. The maximum Gasteiger partial charge on any atom is 0.0794 e.